The summed E-state index contributed by atoms with van der Waals surface area (Å²) in [6, 6.07) is 20.4. The van der Waals surface area contributed by atoms with Crippen LogP contribution in [0.25, 0.3) is 10.9 Å². The minimum Gasteiger partial charge on any atom is -0.322 e. The molecular formula is C25H16ClN3O3. The fourth-order valence-corrected chi connectivity index (χ4v) is 4.00. The maximum absolute atomic E-state index is 13.0. The molecule has 156 valence electrons. The van der Waals surface area contributed by atoms with E-state index < -0.39 is 0 Å². The van der Waals surface area contributed by atoms with Crippen molar-refractivity contribution in [3.8, 4) is 0 Å². The lowest BCUT2D eigenvalue weighted by molar-refractivity contribution is 0.0925. The van der Waals surface area contributed by atoms with E-state index in [-0.39, 0.29) is 17.7 Å². The van der Waals surface area contributed by atoms with Crippen LogP contribution < -0.4 is 10.2 Å². The van der Waals surface area contributed by atoms with E-state index in [0.29, 0.717) is 38.8 Å². The van der Waals surface area contributed by atoms with Gasteiger partial charge in [-0.25, -0.2) is 4.90 Å². The number of rotatable bonds is 3. The number of carbonyl (C=O) groups is 3. The first kappa shape index (κ1) is 19.9. The summed E-state index contributed by atoms with van der Waals surface area (Å²) in [6.45, 7) is 1.76. The number of pyridine rings is 1. The van der Waals surface area contributed by atoms with Crippen LogP contribution in [0.4, 0.5) is 11.4 Å². The number of aromatic nitrogens is 1. The number of nitrogens with one attached hydrogen (secondary N) is 1. The first-order valence-electron chi connectivity index (χ1n) is 9.88. The minimum absolute atomic E-state index is 0.351. The Labute approximate surface area is 188 Å². The molecule has 1 aromatic heterocycles. The molecule has 0 radical (unpaired) electrons. The molecule has 32 heavy (non-hydrogen) atoms. The van der Waals surface area contributed by atoms with Crippen LogP contribution in [0.2, 0.25) is 5.02 Å². The number of aryl methyl sites for hydroxylation is 1. The molecule has 1 N–H and O–H groups in total. The lowest BCUT2D eigenvalue weighted by Gasteiger charge is -2.15. The Morgan fingerprint density at radius 1 is 0.906 bits per heavy atom. The van der Waals surface area contributed by atoms with E-state index in [9.17, 15) is 14.4 Å². The van der Waals surface area contributed by atoms with Crippen LogP contribution in [0.5, 0.6) is 0 Å². The zero-order valence-corrected chi connectivity index (χ0v) is 17.7. The van der Waals surface area contributed by atoms with Crippen molar-refractivity contribution in [2.75, 3.05) is 10.2 Å². The number of anilines is 2. The first-order chi connectivity index (χ1) is 15.4. The highest BCUT2D eigenvalue weighted by Gasteiger charge is 2.36. The van der Waals surface area contributed by atoms with Crippen LogP contribution in [-0.4, -0.2) is 22.7 Å². The smallest absolute Gasteiger partial charge is 0.266 e. The Kier molecular flexibility index (Phi) is 4.72. The molecule has 3 aromatic carbocycles. The molecule has 0 spiro atoms. The predicted molar refractivity (Wildman–Crippen MR) is 123 cm³/mol. The van der Waals surface area contributed by atoms with E-state index >= 15 is 0 Å². The molecule has 1 aliphatic heterocycles. The molecule has 0 bridgehead atoms. The van der Waals surface area contributed by atoms with Gasteiger partial charge in [0.25, 0.3) is 17.7 Å². The van der Waals surface area contributed by atoms with E-state index in [1.165, 1.54) is 0 Å². The molecule has 0 unspecified atom stereocenters. The third kappa shape index (κ3) is 3.31. The van der Waals surface area contributed by atoms with Gasteiger partial charge in [0.05, 0.1) is 33.6 Å². The fourth-order valence-electron chi connectivity index (χ4n) is 3.82. The van der Waals surface area contributed by atoms with Crippen molar-refractivity contribution in [2.24, 2.45) is 0 Å². The Bertz CT molecular complexity index is 1410. The summed E-state index contributed by atoms with van der Waals surface area (Å²) in [4.78, 5) is 44.1. The number of halogens is 1. The lowest BCUT2D eigenvalue weighted by atomic mass is 10.1. The highest BCUT2D eigenvalue weighted by molar-refractivity contribution is 6.34. The van der Waals surface area contributed by atoms with Crippen molar-refractivity contribution in [3.05, 3.63) is 100 Å². The summed E-state index contributed by atoms with van der Waals surface area (Å²) in [6.07, 6.45) is 0. The van der Waals surface area contributed by atoms with Gasteiger partial charge in [0.15, 0.2) is 0 Å². The van der Waals surface area contributed by atoms with Gasteiger partial charge in [-0.3, -0.25) is 19.4 Å². The van der Waals surface area contributed by atoms with Crippen LogP contribution in [0.3, 0.4) is 0 Å². The highest BCUT2D eigenvalue weighted by Crippen LogP contribution is 2.30. The second-order valence-corrected chi connectivity index (χ2v) is 7.89. The maximum atomic E-state index is 13.0. The van der Waals surface area contributed by atoms with Crippen LogP contribution in [-0.2, 0) is 0 Å². The number of benzene rings is 3. The van der Waals surface area contributed by atoms with Crippen LogP contribution >= 0.6 is 11.6 Å². The third-order valence-corrected chi connectivity index (χ3v) is 5.60. The molecule has 2 heterocycles. The number of amides is 3. The molecule has 3 amide bonds. The molecule has 0 fully saturated rings. The number of hydrogen-bond donors (Lipinski definition) is 1. The average Bonchev–Trinajstić information content (AvgIpc) is 3.04. The Morgan fingerprint density at radius 2 is 1.62 bits per heavy atom. The maximum Gasteiger partial charge on any atom is 0.266 e. The number of nitrogens with zero attached hydrogens (tertiary/aromatic N) is 2. The molecule has 7 heteroatoms. The summed E-state index contributed by atoms with van der Waals surface area (Å²) in [5, 5.41) is 4.15. The second-order valence-electron chi connectivity index (χ2n) is 7.45. The molecular weight excluding hydrogens is 426 g/mol. The van der Waals surface area contributed by atoms with Crippen molar-refractivity contribution < 1.29 is 14.4 Å². The van der Waals surface area contributed by atoms with E-state index in [0.717, 1.165) is 15.8 Å². The SMILES string of the molecule is Cc1nc2ccc(Cl)cc2cc1C(=O)Nc1cccc(N2C(=O)c3ccccc3C2=O)c1. The van der Waals surface area contributed by atoms with Gasteiger partial charge in [-0.05, 0) is 61.5 Å². The molecule has 6 nitrogen and oxygen atoms in total. The largest absolute Gasteiger partial charge is 0.322 e. The van der Waals surface area contributed by atoms with Gasteiger partial charge in [0, 0.05) is 16.1 Å². The average molecular weight is 442 g/mol. The second kappa shape index (κ2) is 7.59. The fraction of sp³-hybridized carbons (Fsp3) is 0.0400. The summed E-state index contributed by atoms with van der Waals surface area (Å²) < 4.78 is 0. The van der Waals surface area contributed by atoms with Gasteiger partial charge in [0.1, 0.15) is 0 Å². The van der Waals surface area contributed by atoms with E-state index in [1.54, 1.807) is 79.7 Å². The molecule has 0 saturated carbocycles. The first-order valence-corrected chi connectivity index (χ1v) is 10.3. The number of carbonyl (C=O) groups excluding carboxylic acids is 3. The van der Waals surface area contributed by atoms with E-state index in [4.69, 9.17) is 11.6 Å². The number of hydrogen-bond acceptors (Lipinski definition) is 4. The summed E-state index contributed by atoms with van der Waals surface area (Å²) in [5.41, 5.74) is 3.30. The van der Waals surface area contributed by atoms with Gasteiger partial charge in [-0.15, -0.1) is 0 Å². The van der Waals surface area contributed by atoms with Gasteiger partial charge in [-0.1, -0.05) is 29.8 Å². The topological polar surface area (TPSA) is 79.4 Å². The molecule has 0 aliphatic carbocycles. The van der Waals surface area contributed by atoms with E-state index in [2.05, 4.69) is 10.3 Å². The number of fused-ring (bicyclic) bond motifs is 2. The van der Waals surface area contributed by atoms with Gasteiger partial charge < -0.3 is 5.32 Å². The quantitative estimate of drug-likeness (QED) is 0.440. The standard InChI is InChI=1S/C25H16ClN3O3/c1-14-21(12-15-11-16(26)9-10-22(15)27-14)23(30)28-17-5-4-6-18(13-17)29-24(31)19-7-2-3-8-20(19)25(29)32/h2-13H,1H3,(H,28,30). The summed E-state index contributed by atoms with van der Waals surface area (Å²) >= 11 is 6.07. The Balaban J connectivity index is 1.44. The molecule has 4 aromatic rings. The van der Waals surface area contributed by atoms with Crippen molar-refractivity contribution in [1.82, 2.24) is 4.98 Å². The van der Waals surface area contributed by atoms with Crippen molar-refractivity contribution in [2.45, 2.75) is 6.92 Å². The highest BCUT2D eigenvalue weighted by atomic mass is 35.5. The Hall–Kier alpha value is -4.03. The van der Waals surface area contributed by atoms with Crippen LogP contribution in [0, 0.1) is 6.92 Å². The summed E-state index contributed by atoms with van der Waals surface area (Å²) in [5.74, 6) is -1.13. The van der Waals surface area contributed by atoms with Crippen LogP contribution in [0.1, 0.15) is 36.8 Å². The molecule has 1 aliphatic rings. The zero-order chi connectivity index (χ0) is 22.4. The summed E-state index contributed by atoms with van der Waals surface area (Å²) in [7, 11) is 0. The Morgan fingerprint density at radius 3 is 2.34 bits per heavy atom. The van der Waals surface area contributed by atoms with Crippen molar-refractivity contribution in [3.63, 3.8) is 0 Å². The third-order valence-electron chi connectivity index (χ3n) is 5.37. The van der Waals surface area contributed by atoms with Gasteiger partial charge >= 0.3 is 0 Å². The molecule has 0 saturated heterocycles. The zero-order valence-electron chi connectivity index (χ0n) is 16.9. The molecule has 0 atom stereocenters. The monoisotopic (exact) mass is 441 g/mol. The van der Waals surface area contributed by atoms with Gasteiger partial charge in [-0.2, -0.15) is 0 Å². The predicted octanol–water partition coefficient (Wildman–Crippen LogP) is 5.25. The number of imide groups is 1. The normalized spacial score (nSPS) is 12.9. The van der Waals surface area contributed by atoms with Crippen molar-refractivity contribution >= 4 is 51.6 Å². The van der Waals surface area contributed by atoms with E-state index in [1.807, 2.05) is 0 Å². The van der Waals surface area contributed by atoms with Crippen LogP contribution in [0.15, 0.2) is 72.8 Å². The lowest BCUT2D eigenvalue weighted by Crippen LogP contribution is -2.29. The van der Waals surface area contributed by atoms with Gasteiger partial charge in [0.2, 0.25) is 0 Å². The minimum atomic E-state index is -0.388. The molecule has 5 rings (SSSR count). The van der Waals surface area contributed by atoms with Crippen molar-refractivity contribution in [1.29, 1.82) is 0 Å².